The molecule has 92 valence electrons. The molecular weight excluding hydrogens is 238 g/mol. The standard InChI is InChI=1S/C12H15NO3S/c1-10(14)16-17-8-7-13-12(15)9-11-5-3-2-4-6-11/h2-6H,7-9H2,1H3,(H,13,15). The summed E-state index contributed by atoms with van der Waals surface area (Å²) in [5.41, 5.74) is 0.984. The Balaban J connectivity index is 2.12. The lowest BCUT2D eigenvalue weighted by Crippen LogP contribution is -2.27. The second kappa shape index (κ2) is 7.73. The maximum atomic E-state index is 11.5. The quantitative estimate of drug-likeness (QED) is 0.617. The lowest BCUT2D eigenvalue weighted by atomic mass is 10.1. The predicted octanol–water partition coefficient (Wildman–Crippen LogP) is 1.56. The van der Waals surface area contributed by atoms with Gasteiger partial charge < -0.3 is 9.50 Å². The van der Waals surface area contributed by atoms with Crippen LogP contribution in [0.4, 0.5) is 0 Å². The molecule has 5 heteroatoms. The van der Waals surface area contributed by atoms with Crippen molar-refractivity contribution in [2.45, 2.75) is 13.3 Å². The van der Waals surface area contributed by atoms with Crippen LogP contribution in [-0.4, -0.2) is 24.2 Å². The van der Waals surface area contributed by atoms with Gasteiger partial charge in [-0.05, 0) is 5.56 Å². The smallest absolute Gasteiger partial charge is 0.314 e. The van der Waals surface area contributed by atoms with Gasteiger partial charge in [-0.3, -0.25) is 9.59 Å². The monoisotopic (exact) mass is 253 g/mol. The molecule has 1 rings (SSSR count). The summed E-state index contributed by atoms with van der Waals surface area (Å²) < 4.78 is 4.67. The number of hydrogen-bond acceptors (Lipinski definition) is 4. The van der Waals surface area contributed by atoms with E-state index in [9.17, 15) is 9.59 Å². The number of benzene rings is 1. The van der Waals surface area contributed by atoms with Gasteiger partial charge in [-0.25, -0.2) is 0 Å². The van der Waals surface area contributed by atoms with Gasteiger partial charge in [0, 0.05) is 19.2 Å². The summed E-state index contributed by atoms with van der Waals surface area (Å²) in [7, 11) is 0. The first-order chi connectivity index (χ1) is 8.18. The van der Waals surface area contributed by atoms with Crippen molar-refractivity contribution in [3.05, 3.63) is 35.9 Å². The first-order valence-electron chi connectivity index (χ1n) is 5.29. The van der Waals surface area contributed by atoms with Crippen LogP contribution < -0.4 is 5.32 Å². The van der Waals surface area contributed by atoms with Gasteiger partial charge >= 0.3 is 5.97 Å². The second-order valence-electron chi connectivity index (χ2n) is 3.41. The largest absolute Gasteiger partial charge is 0.391 e. The molecule has 4 nitrogen and oxygen atoms in total. The number of hydrogen-bond donors (Lipinski definition) is 1. The molecule has 0 unspecified atom stereocenters. The van der Waals surface area contributed by atoms with Crippen molar-refractivity contribution >= 4 is 23.9 Å². The third-order valence-electron chi connectivity index (χ3n) is 1.89. The van der Waals surface area contributed by atoms with E-state index in [1.807, 2.05) is 30.3 Å². The van der Waals surface area contributed by atoms with Crippen molar-refractivity contribution in [3.8, 4) is 0 Å². The third kappa shape index (κ3) is 6.63. The van der Waals surface area contributed by atoms with Gasteiger partial charge in [0.15, 0.2) is 0 Å². The highest BCUT2D eigenvalue weighted by molar-refractivity contribution is 7.95. The number of amides is 1. The van der Waals surface area contributed by atoms with Crippen LogP contribution >= 0.6 is 12.0 Å². The highest BCUT2D eigenvalue weighted by Gasteiger charge is 2.02. The Kier molecular flexibility index (Phi) is 6.17. The van der Waals surface area contributed by atoms with Crippen molar-refractivity contribution < 1.29 is 13.8 Å². The van der Waals surface area contributed by atoms with Gasteiger partial charge in [-0.1, -0.05) is 30.3 Å². The second-order valence-corrected chi connectivity index (χ2v) is 4.22. The van der Waals surface area contributed by atoms with E-state index in [2.05, 4.69) is 9.50 Å². The molecule has 0 heterocycles. The summed E-state index contributed by atoms with van der Waals surface area (Å²) in [6.07, 6.45) is 0.374. The van der Waals surface area contributed by atoms with E-state index in [0.29, 0.717) is 18.7 Å². The Bertz CT molecular complexity index is 367. The maximum Gasteiger partial charge on any atom is 0.314 e. The molecule has 0 radical (unpaired) electrons. The van der Waals surface area contributed by atoms with Crippen molar-refractivity contribution in [2.24, 2.45) is 0 Å². The minimum atomic E-state index is -0.328. The number of nitrogens with one attached hydrogen (secondary N) is 1. The Morgan fingerprint density at radius 1 is 1.29 bits per heavy atom. The maximum absolute atomic E-state index is 11.5. The number of carbonyl (C=O) groups excluding carboxylic acids is 2. The van der Waals surface area contributed by atoms with E-state index >= 15 is 0 Å². The number of rotatable bonds is 6. The molecule has 0 aliphatic heterocycles. The van der Waals surface area contributed by atoms with Crippen LogP contribution in [0.5, 0.6) is 0 Å². The zero-order valence-corrected chi connectivity index (χ0v) is 10.5. The summed E-state index contributed by atoms with van der Waals surface area (Å²) in [5.74, 6) is 0.199. The SMILES string of the molecule is CC(=O)OSCCNC(=O)Cc1ccccc1. The third-order valence-corrected chi connectivity index (χ3v) is 2.61. The van der Waals surface area contributed by atoms with Crippen LogP contribution in [0.2, 0.25) is 0 Å². The van der Waals surface area contributed by atoms with Gasteiger partial charge in [0.05, 0.1) is 18.5 Å². The summed E-state index contributed by atoms with van der Waals surface area (Å²) in [5, 5.41) is 2.75. The molecule has 0 bridgehead atoms. The van der Waals surface area contributed by atoms with Gasteiger partial charge in [-0.15, -0.1) is 0 Å². The fourth-order valence-electron chi connectivity index (χ4n) is 1.20. The summed E-state index contributed by atoms with van der Waals surface area (Å²) in [4.78, 5) is 21.9. The minimum absolute atomic E-state index is 0.0281. The van der Waals surface area contributed by atoms with E-state index in [1.165, 1.54) is 6.92 Å². The van der Waals surface area contributed by atoms with Crippen LogP contribution in [0.1, 0.15) is 12.5 Å². The van der Waals surface area contributed by atoms with Crippen molar-refractivity contribution in [1.82, 2.24) is 5.32 Å². The Labute approximate surface area is 105 Å². The molecule has 0 saturated carbocycles. The van der Waals surface area contributed by atoms with E-state index in [1.54, 1.807) is 0 Å². The molecule has 0 spiro atoms. The van der Waals surface area contributed by atoms with Crippen molar-refractivity contribution in [1.29, 1.82) is 0 Å². The first-order valence-corrected chi connectivity index (χ1v) is 6.20. The molecule has 1 aromatic rings. The molecule has 0 aliphatic carbocycles. The van der Waals surface area contributed by atoms with Gasteiger partial charge in [0.2, 0.25) is 5.91 Å². The fraction of sp³-hybridized carbons (Fsp3) is 0.333. The topological polar surface area (TPSA) is 55.4 Å². The molecule has 0 saturated heterocycles. The van der Waals surface area contributed by atoms with E-state index in [4.69, 9.17) is 0 Å². The van der Waals surface area contributed by atoms with Gasteiger partial charge in [-0.2, -0.15) is 0 Å². The predicted molar refractivity (Wildman–Crippen MR) is 67.4 cm³/mol. The van der Waals surface area contributed by atoms with Crippen molar-refractivity contribution in [2.75, 3.05) is 12.3 Å². The van der Waals surface area contributed by atoms with Crippen LogP contribution in [0, 0.1) is 0 Å². The lowest BCUT2D eigenvalue weighted by Gasteiger charge is -2.04. The number of carbonyl (C=O) groups is 2. The Morgan fingerprint density at radius 3 is 2.65 bits per heavy atom. The molecule has 17 heavy (non-hydrogen) atoms. The van der Waals surface area contributed by atoms with Crippen LogP contribution in [-0.2, 0) is 20.2 Å². The van der Waals surface area contributed by atoms with Gasteiger partial charge in [0.25, 0.3) is 0 Å². The highest BCUT2D eigenvalue weighted by Crippen LogP contribution is 2.01. The Morgan fingerprint density at radius 2 is 2.00 bits per heavy atom. The van der Waals surface area contributed by atoms with E-state index < -0.39 is 0 Å². The molecule has 1 amide bonds. The zero-order chi connectivity index (χ0) is 12.5. The zero-order valence-electron chi connectivity index (χ0n) is 9.64. The van der Waals surface area contributed by atoms with E-state index in [-0.39, 0.29) is 11.9 Å². The van der Waals surface area contributed by atoms with Crippen LogP contribution in [0.25, 0.3) is 0 Å². The van der Waals surface area contributed by atoms with Gasteiger partial charge in [0.1, 0.15) is 0 Å². The molecule has 0 fully saturated rings. The molecular formula is C12H15NO3S. The summed E-state index contributed by atoms with van der Waals surface area (Å²) in [6.45, 7) is 1.84. The fourth-order valence-corrected chi connectivity index (χ4v) is 1.64. The van der Waals surface area contributed by atoms with Crippen molar-refractivity contribution in [3.63, 3.8) is 0 Å². The average molecular weight is 253 g/mol. The van der Waals surface area contributed by atoms with Crippen LogP contribution in [0.3, 0.4) is 0 Å². The summed E-state index contributed by atoms with van der Waals surface area (Å²) >= 11 is 1.05. The highest BCUT2D eigenvalue weighted by atomic mass is 32.2. The molecule has 1 aromatic carbocycles. The first kappa shape index (κ1) is 13.6. The molecule has 0 atom stereocenters. The Hall–Kier alpha value is -1.49. The molecule has 0 aromatic heterocycles. The molecule has 0 aliphatic rings. The average Bonchev–Trinajstić information content (AvgIpc) is 2.29. The lowest BCUT2D eigenvalue weighted by molar-refractivity contribution is -0.130. The van der Waals surface area contributed by atoms with Crippen LogP contribution in [0.15, 0.2) is 30.3 Å². The summed E-state index contributed by atoms with van der Waals surface area (Å²) in [6, 6.07) is 9.54. The normalized spacial score (nSPS) is 9.71. The van der Waals surface area contributed by atoms with E-state index in [0.717, 1.165) is 17.6 Å². The molecule has 1 N–H and O–H groups in total. The minimum Gasteiger partial charge on any atom is -0.391 e.